The second-order valence-corrected chi connectivity index (χ2v) is 7.58. The highest BCUT2D eigenvalue weighted by Crippen LogP contribution is 2.18. The number of likely N-dealkylation sites (tertiary alicyclic amines) is 1. The van der Waals surface area contributed by atoms with Gasteiger partial charge in [-0.3, -0.25) is 9.89 Å². The molecule has 7 nitrogen and oxygen atoms in total. The number of aromatic amines is 1. The highest BCUT2D eigenvalue weighted by atomic mass is 16.6. The van der Waals surface area contributed by atoms with Crippen molar-refractivity contribution in [2.75, 3.05) is 19.6 Å². The molecule has 1 aliphatic heterocycles. The van der Waals surface area contributed by atoms with Crippen molar-refractivity contribution in [3.05, 3.63) is 53.3 Å². The Hall–Kier alpha value is -2.83. The van der Waals surface area contributed by atoms with Gasteiger partial charge in [-0.15, -0.1) is 0 Å². The average molecular weight is 384 g/mol. The van der Waals surface area contributed by atoms with Crippen LogP contribution in [0.1, 0.15) is 54.1 Å². The monoisotopic (exact) mass is 384 g/mol. The first kappa shape index (κ1) is 19.9. The molecule has 0 saturated carbocycles. The number of H-pyrrole nitrogens is 1. The summed E-state index contributed by atoms with van der Waals surface area (Å²) in [6.45, 7) is 6.50. The number of nitrogens with one attached hydrogen (secondary N) is 2. The van der Waals surface area contributed by atoms with Crippen LogP contribution in [0.3, 0.4) is 0 Å². The maximum atomic E-state index is 12.3. The van der Waals surface area contributed by atoms with E-state index < -0.39 is 0 Å². The lowest BCUT2D eigenvalue weighted by Crippen LogP contribution is -2.41. The summed E-state index contributed by atoms with van der Waals surface area (Å²) in [6, 6.07) is 8.18. The SMILES string of the molecule is CC(C)c1ccc(COC(=O)N2CCC(CNC(=O)c3cn[nH]c3)CC2)cc1. The smallest absolute Gasteiger partial charge is 0.410 e. The number of ether oxygens (including phenoxy) is 1. The number of carbonyl (C=O) groups is 2. The molecule has 0 atom stereocenters. The van der Waals surface area contributed by atoms with Gasteiger partial charge >= 0.3 is 6.09 Å². The van der Waals surface area contributed by atoms with Gasteiger partial charge in [-0.25, -0.2) is 4.79 Å². The molecule has 3 rings (SSSR count). The van der Waals surface area contributed by atoms with Crippen molar-refractivity contribution in [1.29, 1.82) is 0 Å². The normalized spacial score (nSPS) is 14.9. The molecule has 1 aromatic heterocycles. The van der Waals surface area contributed by atoms with E-state index in [-0.39, 0.29) is 18.6 Å². The number of piperidine rings is 1. The van der Waals surface area contributed by atoms with E-state index >= 15 is 0 Å². The zero-order chi connectivity index (χ0) is 19.9. The second-order valence-electron chi connectivity index (χ2n) is 7.58. The van der Waals surface area contributed by atoms with Crippen LogP contribution in [0.2, 0.25) is 0 Å². The first-order chi connectivity index (χ1) is 13.5. The van der Waals surface area contributed by atoms with Crippen molar-refractivity contribution in [2.24, 2.45) is 5.92 Å². The predicted molar refractivity (Wildman–Crippen MR) is 106 cm³/mol. The van der Waals surface area contributed by atoms with E-state index in [9.17, 15) is 9.59 Å². The van der Waals surface area contributed by atoms with Crippen LogP contribution in [0, 0.1) is 5.92 Å². The molecule has 0 bridgehead atoms. The molecule has 0 spiro atoms. The van der Waals surface area contributed by atoms with E-state index in [1.54, 1.807) is 11.1 Å². The fraction of sp³-hybridized carbons (Fsp3) is 0.476. The third-order valence-corrected chi connectivity index (χ3v) is 5.19. The molecule has 28 heavy (non-hydrogen) atoms. The Morgan fingerprint density at radius 3 is 2.57 bits per heavy atom. The van der Waals surface area contributed by atoms with Crippen LogP contribution in [0.5, 0.6) is 0 Å². The van der Waals surface area contributed by atoms with Crippen molar-refractivity contribution in [3.63, 3.8) is 0 Å². The maximum absolute atomic E-state index is 12.3. The van der Waals surface area contributed by atoms with Crippen molar-refractivity contribution in [3.8, 4) is 0 Å². The quantitative estimate of drug-likeness (QED) is 0.800. The van der Waals surface area contributed by atoms with E-state index in [1.165, 1.54) is 11.8 Å². The largest absolute Gasteiger partial charge is 0.445 e. The van der Waals surface area contributed by atoms with Gasteiger partial charge < -0.3 is 15.0 Å². The van der Waals surface area contributed by atoms with Crippen molar-refractivity contribution < 1.29 is 14.3 Å². The molecule has 1 aliphatic rings. The second kappa shape index (κ2) is 9.39. The molecule has 2 heterocycles. The Morgan fingerprint density at radius 2 is 1.96 bits per heavy atom. The van der Waals surface area contributed by atoms with Crippen LogP contribution in [0.25, 0.3) is 0 Å². The van der Waals surface area contributed by atoms with Crippen LogP contribution in [0.15, 0.2) is 36.7 Å². The minimum atomic E-state index is -0.270. The molecule has 2 N–H and O–H groups in total. The topological polar surface area (TPSA) is 87.3 Å². The zero-order valence-electron chi connectivity index (χ0n) is 16.5. The van der Waals surface area contributed by atoms with Crippen molar-refractivity contribution >= 4 is 12.0 Å². The van der Waals surface area contributed by atoms with Gasteiger partial charge in [0, 0.05) is 25.8 Å². The molecule has 0 radical (unpaired) electrons. The Morgan fingerprint density at radius 1 is 1.25 bits per heavy atom. The Balaban J connectivity index is 1.37. The Bertz CT molecular complexity index is 763. The van der Waals surface area contributed by atoms with E-state index in [2.05, 4.69) is 41.5 Å². The molecule has 150 valence electrons. The van der Waals surface area contributed by atoms with Crippen LogP contribution in [-0.4, -0.2) is 46.7 Å². The summed E-state index contributed by atoms with van der Waals surface area (Å²) in [5.41, 5.74) is 2.80. The lowest BCUT2D eigenvalue weighted by molar-refractivity contribution is 0.0800. The molecule has 1 fully saturated rings. The summed E-state index contributed by atoms with van der Waals surface area (Å²) >= 11 is 0. The van der Waals surface area contributed by atoms with Gasteiger partial charge in [0.15, 0.2) is 0 Å². The highest BCUT2D eigenvalue weighted by Gasteiger charge is 2.24. The summed E-state index contributed by atoms with van der Waals surface area (Å²) in [5, 5.41) is 9.33. The summed E-state index contributed by atoms with van der Waals surface area (Å²) < 4.78 is 5.46. The van der Waals surface area contributed by atoms with Crippen LogP contribution >= 0.6 is 0 Å². The van der Waals surface area contributed by atoms with Gasteiger partial charge in [-0.2, -0.15) is 5.10 Å². The van der Waals surface area contributed by atoms with Gasteiger partial charge in [-0.05, 0) is 35.8 Å². The van der Waals surface area contributed by atoms with Crippen LogP contribution in [0.4, 0.5) is 4.79 Å². The van der Waals surface area contributed by atoms with Crippen LogP contribution in [-0.2, 0) is 11.3 Å². The lowest BCUT2D eigenvalue weighted by atomic mass is 9.97. The molecule has 0 aliphatic carbocycles. The molecule has 2 aromatic rings. The van der Waals surface area contributed by atoms with E-state index in [0.29, 0.717) is 37.0 Å². The number of nitrogens with zero attached hydrogens (tertiary/aromatic N) is 2. The lowest BCUT2D eigenvalue weighted by Gasteiger charge is -2.31. The van der Waals surface area contributed by atoms with E-state index in [0.717, 1.165) is 18.4 Å². The Labute approximate surface area is 165 Å². The molecular weight excluding hydrogens is 356 g/mol. The fourth-order valence-electron chi connectivity index (χ4n) is 3.27. The third kappa shape index (κ3) is 5.34. The van der Waals surface area contributed by atoms with E-state index in [4.69, 9.17) is 4.74 Å². The number of rotatable bonds is 6. The number of hydrogen-bond donors (Lipinski definition) is 2. The first-order valence-corrected chi connectivity index (χ1v) is 9.80. The fourth-order valence-corrected chi connectivity index (χ4v) is 3.27. The van der Waals surface area contributed by atoms with Gasteiger partial charge in [0.1, 0.15) is 6.61 Å². The van der Waals surface area contributed by atoms with Gasteiger partial charge in [0.2, 0.25) is 0 Å². The minimum Gasteiger partial charge on any atom is -0.445 e. The summed E-state index contributed by atoms with van der Waals surface area (Å²) in [5.74, 6) is 0.727. The third-order valence-electron chi connectivity index (χ3n) is 5.19. The zero-order valence-corrected chi connectivity index (χ0v) is 16.5. The number of hydrogen-bond acceptors (Lipinski definition) is 4. The molecule has 7 heteroatoms. The Kier molecular flexibility index (Phi) is 6.68. The maximum Gasteiger partial charge on any atom is 0.410 e. The van der Waals surface area contributed by atoms with Crippen molar-refractivity contribution in [2.45, 2.75) is 39.2 Å². The van der Waals surface area contributed by atoms with Crippen molar-refractivity contribution in [1.82, 2.24) is 20.4 Å². The number of amides is 2. The summed E-state index contributed by atoms with van der Waals surface area (Å²) in [6.07, 6.45) is 4.51. The first-order valence-electron chi connectivity index (χ1n) is 9.80. The number of benzene rings is 1. The van der Waals surface area contributed by atoms with Gasteiger partial charge in [0.25, 0.3) is 5.91 Å². The average Bonchev–Trinajstić information content (AvgIpc) is 3.26. The standard InChI is InChI=1S/C21H28N4O3/c1-15(2)18-5-3-17(4-6-18)14-28-21(27)25-9-7-16(8-10-25)11-22-20(26)19-12-23-24-13-19/h3-6,12-13,15-16H,7-11,14H2,1-2H3,(H,22,26)(H,23,24). The molecule has 2 amide bonds. The summed E-state index contributed by atoms with van der Waals surface area (Å²) in [7, 11) is 0. The molecule has 1 aromatic carbocycles. The number of carbonyl (C=O) groups excluding carboxylic acids is 2. The van der Waals surface area contributed by atoms with Gasteiger partial charge in [-0.1, -0.05) is 38.1 Å². The van der Waals surface area contributed by atoms with Gasteiger partial charge in [0.05, 0.1) is 11.8 Å². The van der Waals surface area contributed by atoms with E-state index in [1.807, 2.05) is 12.1 Å². The number of aromatic nitrogens is 2. The summed E-state index contributed by atoms with van der Waals surface area (Å²) in [4.78, 5) is 26.0. The molecule has 0 unspecified atom stereocenters. The predicted octanol–water partition coefficient (Wildman–Crippen LogP) is 3.31. The highest BCUT2D eigenvalue weighted by molar-refractivity contribution is 5.93. The van der Waals surface area contributed by atoms with Crippen LogP contribution < -0.4 is 5.32 Å². The minimum absolute atomic E-state index is 0.126. The molecular formula is C21H28N4O3. The molecule has 1 saturated heterocycles.